The van der Waals surface area contributed by atoms with Crippen molar-refractivity contribution in [3.05, 3.63) is 58.9 Å². The van der Waals surface area contributed by atoms with Crippen molar-refractivity contribution in [3.63, 3.8) is 0 Å². The van der Waals surface area contributed by atoms with Crippen molar-refractivity contribution >= 4 is 17.3 Å². The summed E-state index contributed by atoms with van der Waals surface area (Å²) >= 11 is 6.14. The molecule has 1 heterocycles. The van der Waals surface area contributed by atoms with Crippen molar-refractivity contribution in [1.82, 2.24) is 10.2 Å². The fraction of sp³-hybridized carbons (Fsp3) is 0.176. The van der Waals surface area contributed by atoms with Crippen molar-refractivity contribution in [2.45, 2.75) is 13.5 Å². The zero-order chi connectivity index (χ0) is 16.2. The monoisotopic (exact) mass is 329 g/mol. The largest absolute Gasteiger partial charge is 0.495 e. The molecule has 0 saturated heterocycles. The van der Waals surface area contributed by atoms with Crippen molar-refractivity contribution in [2.24, 2.45) is 0 Å². The van der Waals surface area contributed by atoms with Crippen molar-refractivity contribution in [1.29, 1.82) is 0 Å². The van der Waals surface area contributed by atoms with E-state index < -0.39 is 0 Å². The highest BCUT2D eigenvalue weighted by atomic mass is 35.5. The van der Waals surface area contributed by atoms with Gasteiger partial charge in [0.25, 0.3) is 0 Å². The number of halogens is 1. The number of hydrogen-bond donors (Lipinski definition) is 1. The second-order valence-electron chi connectivity index (χ2n) is 5.04. The Morgan fingerprint density at radius 1 is 1.17 bits per heavy atom. The van der Waals surface area contributed by atoms with Gasteiger partial charge in [-0.25, -0.2) is 0 Å². The van der Waals surface area contributed by atoms with E-state index in [0.717, 1.165) is 22.6 Å². The van der Waals surface area contributed by atoms with Crippen LogP contribution in [-0.4, -0.2) is 17.3 Å². The maximum absolute atomic E-state index is 6.14. The van der Waals surface area contributed by atoms with Gasteiger partial charge >= 0.3 is 0 Å². The lowest BCUT2D eigenvalue weighted by molar-refractivity contribution is 0.416. The molecule has 5 nitrogen and oxygen atoms in total. The average Bonchev–Trinajstić information content (AvgIpc) is 3.02. The fourth-order valence-corrected chi connectivity index (χ4v) is 2.42. The normalized spacial score (nSPS) is 10.6. The number of ether oxygens (including phenoxy) is 1. The minimum Gasteiger partial charge on any atom is -0.495 e. The summed E-state index contributed by atoms with van der Waals surface area (Å²) in [6, 6.07) is 13.3. The first kappa shape index (κ1) is 15.4. The highest BCUT2D eigenvalue weighted by Crippen LogP contribution is 2.28. The van der Waals surface area contributed by atoms with Crippen molar-refractivity contribution < 1.29 is 9.15 Å². The van der Waals surface area contributed by atoms with Crippen LogP contribution in [-0.2, 0) is 6.54 Å². The Morgan fingerprint density at radius 3 is 2.78 bits per heavy atom. The van der Waals surface area contributed by atoms with E-state index in [0.29, 0.717) is 23.3 Å². The molecule has 0 atom stereocenters. The molecule has 0 amide bonds. The molecule has 3 rings (SSSR count). The van der Waals surface area contributed by atoms with E-state index in [4.69, 9.17) is 20.8 Å². The quantitative estimate of drug-likeness (QED) is 0.755. The number of aromatic nitrogens is 2. The molecule has 0 aliphatic heterocycles. The summed E-state index contributed by atoms with van der Waals surface area (Å²) < 4.78 is 11.0. The fourth-order valence-electron chi connectivity index (χ4n) is 2.20. The summed E-state index contributed by atoms with van der Waals surface area (Å²) in [4.78, 5) is 0. The molecule has 0 spiro atoms. The summed E-state index contributed by atoms with van der Waals surface area (Å²) in [6.45, 7) is 2.42. The number of hydrogen-bond acceptors (Lipinski definition) is 5. The maximum atomic E-state index is 6.14. The van der Waals surface area contributed by atoms with E-state index in [-0.39, 0.29) is 0 Å². The summed E-state index contributed by atoms with van der Waals surface area (Å²) in [5.41, 5.74) is 2.74. The van der Waals surface area contributed by atoms with Crippen LogP contribution in [0.5, 0.6) is 5.75 Å². The van der Waals surface area contributed by atoms with Gasteiger partial charge < -0.3 is 14.5 Å². The van der Waals surface area contributed by atoms with Gasteiger partial charge in [-0.1, -0.05) is 29.8 Å². The zero-order valence-electron chi connectivity index (χ0n) is 12.8. The first-order chi connectivity index (χ1) is 11.2. The summed E-state index contributed by atoms with van der Waals surface area (Å²) in [7, 11) is 1.64. The summed E-state index contributed by atoms with van der Waals surface area (Å²) in [5, 5.41) is 11.9. The van der Waals surface area contributed by atoms with Crippen LogP contribution < -0.4 is 10.1 Å². The number of methoxy groups -OCH3 is 1. The second-order valence-corrected chi connectivity index (χ2v) is 5.45. The van der Waals surface area contributed by atoms with Gasteiger partial charge in [0.2, 0.25) is 11.8 Å². The molecular weight excluding hydrogens is 314 g/mol. The average molecular weight is 330 g/mol. The highest BCUT2D eigenvalue weighted by molar-refractivity contribution is 6.33. The molecule has 0 bridgehead atoms. The molecule has 23 heavy (non-hydrogen) atoms. The molecule has 0 aliphatic rings. The van der Waals surface area contributed by atoms with Gasteiger partial charge in [0, 0.05) is 0 Å². The first-order valence-electron chi connectivity index (χ1n) is 7.13. The van der Waals surface area contributed by atoms with Crippen LogP contribution in [0.15, 0.2) is 46.9 Å². The molecule has 0 fully saturated rings. The third-order valence-electron chi connectivity index (χ3n) is 3.36. The van der Waals surface area contributed by atoms with Gasteiger partial charge in [-0.05, 0) is 36.8 Å². The van der Waals surface area contributed by atoms with Gasteiger partial charge in [-0.2, -0.15) is 0 Å². The number of benzene rings is 2. The Labute approximate surface area is 139 Å². The van der Waals surface area contributed by atoms with E-state index in [2.05, 4.69) is 15.5 Å². The van der Waals surface area contributed by atoms with Gasteiger partial charge in [-0.15, -0.1) is 10.2 Å². The Hall–Kier alpha value is -2.53. The highest BCUT2D eigenvalue weighted by Gasteiger charge is 2.12. The van der Waals surface area contributed by atoms with Gasteiger partial charge in [-0.3, -0.25) is 0 Å². The molecule has 0 unspecified atom stereocenters. The lowest BCUT2D eigenvalue weighted by Gasteiger charge is -2.10. The molecule has 0 saturated carbocycles. The lowest BCUT2D eigenvalue weighted by Crippen LogP contribution is -2.02. The van der Waals surface area contributed by atoms with Crippen molar-refractivity contribution in [2.75, 3.05) is 12.4 Å². The smallest absolute Gasteiger partial charge is 0.249 e. The second kappa shape index (κ2) is 6.71. The van der Waals surface area contributed by atoms with Gasteiger partial charge in [0.05, 0.1) is 29.9 Å². The Balaban J connectivity index is 1.76. The molecule has 6 heteroatoms. The molecule has 0 aliphatic carbocycles. The molecule has 1 N–H and O–H groups in total. The maximum Gasteiger partial charge on any atom is 0.249 e. The van der Waals surface area contributed by atoms with Crippen molar-refractivity contribution in [3.8, 4) is 17.2 Å². The molecule has 2 aromatic carbocycles. The predicted octanol–water partition coefficient (Wildman–Crippen LogP) is 4.32. The number of nitrogens with zero attached hydrogens (tertiary/aromatic N) is 2. The van der Waals surface area contributed by atoms with E-state index in [1.54, 1.807) is 13.2 Å². The van der Waals surface area contributed by atoms with Crippen LogP contribution >= 0.6 is 11.6 Å². The lowest BCUT2D eigenvalue weighted by atomic mass is 10.2. The van der Waals surface area contributed by atoms with Crippen LogP contribution in [0.3, 0.4) is 0 Å². The standard InChI is InChI=1S/C17H16ClN3O2/c1-11-7-8-15(22-2)14(9-11)19-10-16-20-21-17(23-16)12-5-3-4-6-13(12)18/h3-9,19H,10H2,1-2H3. The third kappa shape index (κ3) is 3.46. The van der Waals surface area contributed by atoms with Gasteiger partial charge in [0.15, 0.2) is 0 Å². The van der Waals surface area contributed by atoms with E-state index >= 15 is 0 Å². The number of rotatable bonds is 5. The van der Waals surface area contributed by atoms with Gasteiger partial charge in [0.1, 0.15) is 5.75 Å². The minimum atomic E-state index is 0.400. The Morgan fingerprint density at radius 2 is 2.00 bits per heavy atom. The molecular formula is C17H16ClN3O2. The van der Waals surface area contributed by atoms with E-state index in [9.17, 15) is 0 Å². The summed E-state index contributed by atoms with van der Waals surface area (Å²) in [5.74, 6) is 1.65. The van der Waals surface area contributed by atoms with Crippen LogP contribution in [0.1, 0.15) is 11.5 Å². The molecule has 1 aromatic heterocycles. The van der Waals surface area contributed by atoms with Crippen LogP contribution in [0, 0.1) is 6.92 Å². The van der Waals surface area contributed by atoms with E-state index in [1.165, 1.54) is 0 Å². The molecule has 118 valence electrons. The molecule has 3 aromatic rings. The molecule has 0 radical (unpaired) electrons. The first-order valence-corrected chi connectivity index (χ1v) is 7.51. The minimum absolute atomic E-state index is 0.400. The number of aryl methyl sites for hydroxylation is 1. The third-order valence-corrected chi connectivity index (χ3v) is 3.69. The van der Waals surface area contributed by atoms with Crippen LogP contribution in [0.25, 0.3) is 11.5 Å². The predicted molar refractivity (Wildman–Crippen MR) is 89.8 cm³/mol. The number of anilines is 1. The Bertz CT molecular complexity index is 817. The SMILES string of the molecule is COc1ccc(C)cc1NCc1nnc(-c2ccccc2Cl)o1. The Kier molecular flexibility index (Phi) is 4.48. The summed E-state index contributed by atoms with van der Waals surface area (Å²) in [6.07, 6.45) is 0. The van der Waals surface area contributed by atoms with Crippen LogP contribution in [0.4, 0.5) is 5.69 Å². The number of nitrogens with one attached hydrogen (secondary N) is 1. The zero-order valence-corrected chi connectivity index (χ0v) is 13.6. The van der Waals surface area contributed by atoms with E-state index in [1.807, 2.05) is 43.3 Å². The van der Waals surface area contributed by atoms with Crippen LogP contribution in [0.2, 0.25) is 5.02 Å². The topological polar surface area (TPSA) is 60.2 Å².